The minimum Gasteiger partial charge on any atom is -0.497 e. The third kappa shape index (κ3) is 3.07. The second-order valence-electron chi connectivity index (χ2n) is 4.89. The standard InChI is InChI=1S/C17H19ClO2/c1-11-7-12(2)9-13(8-11)17(18)15-6-5-14(19-3)10-16(15)20-4/h5-10,17H,1-4H3. The van der Waals surface area contributed by atoms with Crippen molar-refractivity contribution < 1.29 is 9.47 Å². The summed E-state index contributed by atoms with van der Waals surface area (Å²) in [6.07, 6.45) is 0. The molecule has 0 N–H and O–H groups in total. The zero-order valence-corrected chi connectivity index (χ0v) is 13.0. The van der Waals surface area contributed by atoms with Crippen LogP contribution in [0.2, 0.25) is 0 Å². The van der Waals surface area contributed by atoms with Crippen LogP contribution in [0.25, 0.3) is 0 Å². The van der Waals surface area contributed by atoms with Crippen LogP contribution < -0.4 is 9.47 Å². The van der Waals surface area contributed by atoms with Crippen molar-refractivity contribution in [2.75, 3.05) is 14.2 Å². The van der Waals surface area contributed by atoms with E-state index in [1.807, 2.05) is 18.2 Å². The summed E-state index contributed by atoms with van der Waals surface area (Å²) in [7, 11) is 3.28. The zero-order chi connectivity index (χ0) is 14.7. The molecule has 0 fully saturated rings. The predicted octanol–water partition coefficient (Wildman–Crippen LogP) is 4.65. The summed E-state index contributed by atoms with van der Waals surface area (Å²) in [5, 5.41) is -0.241. The first-order valence-corrected chi connectivity index (χ1v) is 6.93. The van der Waals surface area contributed by atoms with E-state index in [9.17, 15) is 0 Å². The second-order valence-corrected chi connectivity index (χ2v) is 5.33. The lowest BCUT2D eigenvalue weighted by Crippen LogP contribution is -1.99. The van der Waals surface area contributed by atoms with Crippen molar-refractivity contribution in [3.8, 4) is 11.5 Å². The molecule has 0 aliphatic rings. The first-order chi connectivity index (χ1) is 9.55. The fourth-order valence-corrected chi connectivity index (χ4v) is 2.67. The third-order valence-corrected chi connectivity index (χ3v) is 3.74. The average molecular weight is 291 g/mol. The van der Waals surface area contributed by atoms with Crippen molar-refractivity contribution in [1.29, 1.82) is 0 Å². The Kier molecular flexibility index (Phi) is 4.56. The van der Waals surface area contributed by atoms with Crippen LogP contribution in [0.4, 0.5) is 0 Å². The van der Waals surface area contributed by atoms with E-state index in [0.29, 0.717) is 0 Å². The minimum absolute atomic E-state index is 0.241. The Balaban J connectivity index is 2.44. The summed E-state index contributed by atoms with van der Waals surface area (Å²) >= 11 is 6.63. The molecule has 1 atom stereocenters. The molecule has 2 aromatic carbocycles. The highest BCUT2D eigenvalue weighted by molar-refractivity contribution is 6.22. The number of hydrogen-bond acceptors (Lipinski definition) is 2. The lowest BCUT2D eigenvalue weighted by atomic mass is 9.99. The molecule has 3 heteroatoms. The highest BCUT2D eigenvalue weighted by atomic mass is 35.5. The second kappa shape index (κ2) is 6.19. The molecule has 0 saturated carbocycles. The maximum absolute atomic E-state index is 6.63. The van der Waals surface area contributed by atoms with E-state index in [4.69, 9.17) is 21.1 Å². The number of methoxy groups -OCH3 is 2. The Morgan fingerprint density at radius 1 is 0.900 bits per heavy atom. The summed E-state index contributed by atoms with van der Waals surface area (Å²) in [4.78, 5) is 0. The monoisotopic (exact) mass is 290 g/mol. The van der Waals surface area contributed by atoms with Gasteiger partial charge in [-0.05, 0) is 31.5 Å². The molecule has 0 spiro atoms. The normalized spacial score (nSPS) is 12.1. The van der Waals surface area contributed by atoms with Gasteiger partial charge in [-0.1, -0.05) is 29.3 Å². The quantitative estimate of drug-likeness (QED) is 0.763. The Morgan fingerprint density at radius 3 is 2.10 bits per heavy atom. The molecular formula is C17H19ClO2. The van der Waals surface area contributed by atoms with Gasteiger partial charge in [0.2, 0.25) is 0 Å². The van der Waals surface area contributed by atoms with E-state index in [-0.39, 0.29) is 5.38 Å². The topological polar surface area (TPSA) is 18.5 Å². The van der Waals surface area contributed by atoms with Crippen molar-refractivity contribution in [1.82, 2.24) is 0 Å². The van der Waals surface area contributed by atoms with E-state index < -0.39 is 0 Å². The van der Waals surface area contributed by atoms with Crippen molar-refractivity contribution >= 4 is 11.6 Å². The highest BCUT2D eigenvalue weighted by Crippen LogP contribution is 2.37. The van der Waals surface area contributed by atoms with Crippen LogP contribution in [0, 0.1) is 13.8 Å². The van der Waals surface area contributed by atoms with Gasteiger partial charge in [0.05, 0.1) is 19.6 Å². The summed E-state index contributed by atoms with van der Waals surface area (Å²) in [6, 6.07) is 12.1. The molecule has 0 aromatic heterocycles. The predicted molar refractivity (Wildman–Crippen MR) is 83.2 cm³/mol. The Hall–Kier alpha value is -1.67. The first kappa shape index (κ1) is 14.7. The van der Waals surface area contributed by atoms with Gasteiger partial charge in [0.15, 0.2) is 0 Å². The van der Waals surface area contributed by atoms with E-state index in [2.05, 4.69) is 32.0 Å². The molecule has 0 aliphatic heterocycles. The van der Waals surface area contributed by atoms with Crippen LogP contribution >= 0.6 is 11.6 Å². The number of alkyl halides is 1. The van der Waals surface area contributed by atoms with Crippen LogP contribution in [0.5, 0.6) is 11.5 Å². The molecule has 0 bridgehead atoms. The fourth-order valence-electron chi connectivity index (χ4n) is 2.36. The van der Waals surface area contributed by atoms with Crippen LogP contribution in [0.15, 0.2) is 36.4 Å². The summed E-state index contributed by atoms with van der Waals surface area (Å²) in [6.45, 7) is 4.15. The molecule has 0 saturated heterocycles. The van der Waals surface area contributed by atoms with Gasteiger partial charge in [-0.15, -0.1) is 11.6 Å². The van der Waals surface area contributed by atoms with Gasteiger partial charge in [-0.25, -0.2) is 0 Å². The molecule has 2 nitrogen and oxygen atoms in total. The molecule has 0 heterocycles. The van der Waals surface area contributed by atoms with Gasteiger partial charge in [0.25, 0.3) is 0 Å². The van der Waals surface area contributed by atoms with Crippen molar-refractivity contribution in [3.05, 3.63) is 58.7 Å². The zero-order valence-electron chi connectivity index (χ0n) is 12.2. The summed E-state index contributed by atoms with van der Waals surface area (Å²) in [5.41, 5.74) is 4.43. The van der Waals surface area contributed by atoms with E-state index in [0.717, 1.165) is 22.6 Å². The van der Waals surface area contributed by atoms with Crippen LogP contribution in [-0.2, 0) is 0 Å². The smallest absolute Gasteiger partial charge is 0.127 e. The van der Waals surface area contributed by atoms with Crippen molar-refractivity contribution in [3.63, 3.8) is 0 Å². The van der Waals surface area contributed by atoms with Gasteiger partial charge < -0.3 is 9.47 Å². The minimum atomic E-state index is -0.241. The number of hydrogen-bond donors (Lipinski definition) is 0. The number of aryl methyl sites for hydroxylation is 2. The fraction of sp³-hybridized carbons (Fsp3) is 0.294. The maximum Gasteiger partial charge on any atom is 0.127 e. The van der Waals surface area contributed by atoms with Gasteiger partial charge in [0.1, 0.15) is 11.5 Å². The molecule has 1 unspecified atom stereocenters. The number of benzene rings is 2. The van der Waals surface area contributed by atoms with Crippen LogP contribution in [0.3, 0.4) is 0 Å². The van der Waals surface area contributed by atoms with Crippen LogP contribution in [0.1, 0.15) is 27.6 Å². The van der Waals surface area contributed by atoms with Gasteiger partial charge >= 0.3 is 0 Å². The van der Waals surface area contributed by atoms with Crippen molar-refractivity contribution in [2.24, 2.45) is 0 Å². The lowest BCUT2D eigenvalue weighted by molar-refractivity contribution is 0.391. The summed E-state index contributed by atoms with van der Waals surface area (Å²) < 4.78 is 10.6. The van der Waals surface area contributed by atoms with E-state index in [1.165, 1.54) is 11.1 Å². The molecule has 106 valence electrons. The molecule has 2 aromatic rings. The molecule has 2 rings (SSSR count). The lowest BCUT2D eigenvalue weighted by Gasteiger charge is -2.16. The van der Waals surface area contributed by atoms with Gasteiger partial charge in [0, 0.05) is 11.6 Å². The van der Waals surface area contributed by atoms with Gasteiger partial charge in [-0.2, -0.15) is 0 Å². The Bertz CT molecular complexity index is 588. The van der Waals surface area contributed by atoms with Crippen LogP contribution in [-0.4, -0.2) is 14.2 Å². The average Bonchev–Trinajstić information content (AvgIpc) is 2.44. The van der Waals surface area contributed by atoms with Crippen molar-refractivity contribution in [2.45, 2.75) is 19.2 Å². The molecule has 20 heavy (non-hydrogen) atoms. The number of halogens is 1. The maximum atomic E-state index is 6.63. The number of rotatable bonds is 4. The largest absolute Gasteiger partial charge is 0.497 e. The molecular weight excluding hydrogens is 272 g/mol. The van der Waals surface area contributed by atoms with E-state index >= 15 is 0 Å². The SMILES string of the molecule is COc1ccc(C(Cl)c2cc(C)cc(C)c2)c(OC)c1. The molecule has 0 radical (unpaired) electrons. The highest BCUT2D eigenvalue weighted by Gasteiger charge is 2.17. The first-order valence-electron chi connectivity index (χ1n) is 6.49. The molecule has 0 amide bonds. The summed E-state index contributed by atoms with van der Waals surface area (Å²) in [5.74, 6) is 1.50. The molecule has 0 aliphatic carbocycles. The van der Waals surface area contributed by atoms with E-state index in [1.54, 1.807) is 14.2 Å². The third-order valence-electron chi connectivity index (χ3n) is 3.25. The Morgan fingerprint density at radius 2 is 1.55 bits per heavy atom. The van der Waals surface area contributed by atoms with Gasteiger partial charge in [-0.3, -0.25) is 0 Å². The number of ether oxygens (including phenoxy) is 2. The Labute approximate surface area is 125 Å².